The van der Waals surface area contributed by atoms with Crippen molar-refractivity contribution in [1.29, 1.82) is 0 Å². The van der Waals surface area contributed by atoms with Crippen LogP contribution in [-0.4, -0.2) is 24.3 Å². The van der Waals surface area contributed by atoms with Crippen LogP contribution >= 0.6 is 0 Å². The molecule has 0 aliphatic rings. The summed E-state index contributed by atoms with van der Waals surface area (Å²) >= 11 is 0. The van der Waals surface area contributed by atoms with Crippen molar-refractivity contribution >= 4 is 0 Å². The molecule has 0 amide bonds. The summed E-state index contributed by atoms with van der Waals surface area (Å²) in [5, 5.41) is 8.30. The Morgan fingerprint density at radius 3 is 2.00 bits per heavy atom. The van der Waals surface area contributed by atoms with E-state index in [1.807, 2.05) is 36.1 Å². The van der Waals surface area contributed by atoms with E-state index in [2.05, 4.69) is 70.2 Å². The molecule has 26 heavy (non-hydrogen) atoms. The van der Waals surface area contributed by atoms with Gasteiger partial charge < -0.3 is 9.13 Å². The Bertz CT molecular complexity index is 932. The van der Waals surface area contributed by atoms with E-state index in [4.69, 9.17) is 4.98 Å². The van der Waals surface area contributed by atoms with Gasteiger partial charge in [-0.3, -0.25) is 0 Å². The van der Waals surface area contributed by atoms with Crippen LogP contribution in [0.3, 0.4) is 0 Å². The molecule has 5 nitrogen and oxygen atoms in total. The van der Waals surface area contributed by atoms with E-state index in [-0.39, 0.29) is 12.0 Å². The standard InChI is InChI=1S/C21H21N5/c1-16(20-24-23-15-25(20)2)26-14-13-22-21(26)19(17-9-5-3-6-10-17)18-11-7-4-8-12-18/h3-16,19H,1-2H3/t16-/m0/s1. The summed E-state index contributed by atoms with van der Waals surface area (Å²) in [4.78, 5) is 4.74. The first kappa shape index (κ1) is 16.3. The highest BCUT2D eigenvalue weighted by molar-refractivity contribution is 5.38. The largest absolute Gasteiger partial charge is 0.324 e. The molecule has 0 saturated heterocycles. The zero-order valence-electron chi connectivity index (χ0n) is 14.9. The van der Waals surface area contributed by atoms with Crippen molar-refractivity contribution in [2.45, 2.75) is 18.9 Å². The van der Waals surface area contributed by atoms with Gasteiger partial charge in [-0.15, -0.1) is 10.2 Å². The maximum absolute atomic E-state index is 4.74. The fraction of sp³-hybridized carbons (Fsp3) is 0.190. The minimum absolute atomic E-state index is 0.0370. The summed E-state index contributed by atoms with van der Waals surface area (Å²) in [6.45, 7) is 2.13. The van der Waals surface area contributed by atoms with Crippen LogP contribution in [0.4, 0.5) is 0 Å². The molecule has 130 valence electrons. The average molecular weight is 343 g/mol. The maximum Gasteiger partial charge on any atom is 0.155 e. The number of rotatable bonds is 5. The van der Waals surface area contributed by atoms with Crippen molar-refractivity contribution in [3.05, 3.63) is 102 Å². The van der Waals surface area contributed by atoms with Crippen molar-refractivity contribution in [3.63, 3.8) is 0 Å². The average Bonchev–Trinajstić information content (AvgIpc) is 3.33. The van der Waals surface area contributed by atoms with E-state index < -0.39 is 0 Å². The van der Waals surface area contributed by atoms with E-state index in [1.165, 1.54) is 11.1 Å². The molecular weight excluding hydrogens is 322 g/mol. The van der Waals surface area contributed by atoms with E-state index in [0.29, 0.717) is 0 Å². The Kier molecular flexibility index (Phi) is 4.35. The minimum atomic E-state index is 0.0370. The van der Waals surface area contributed by atoms with E-state index in [1.54, 1.807) is 6.33 Å². The van der Waals surface area contributed by atoms with Gasteiger partial charge in [0.15, 0.2) is 5.82 Å². The number of hydrogen-bond acceptors (Lipinski definition) is 3. The van der Waals surface area contributed by atoms with E-state index in [0.717, 1.165) is 11.6 Å². The predicted octanol–water partition coefficient (Wildman–Crippen LogP) is 3.80. The molecule has 0 unspecified atom stereocenters. The normalized spacial score (nSPS) is 12.4. The lowest BCUT2D eigenvalue weighted by atomic mass is 9.90. The Hall–Kier alpha value is -3.21. The monoisotopic (exact) mass is 343 g/mol. The fourth-order valence-electron chi connectivity index (χ4n) is 3.45. The van der Waals surface area contributed by atoms with Crippen LogP contribution in [0.5, 0.6) is 0 Å². The molecule has 2 aromatic carbocycles. The second kappa shape index (κ2) is 6.96. The highest BCUT2D eigenvalue weighted by Gasteiger charge is 2.25. The topological polar surface area (TPSA) is 48.5 Å². The molecule has 0 bridgehead atoms. The first-order chi connectivity index (χ1) is 12.8. The number of hydrogen-bond donors (Lipinski definition) is 0. The zero-order valence-corrected chi connectivity index (χ0v) is 14.9. The van der Waals surface area contributed by atoms with Crippen molar-refractivity contribution in [2.75, 3.05) is 0 Å². The third-order valence-electron chi connectivity index (χ3n) is 4.76. The molecule has 4 rings (SSSR count). The molecule has 2 aromatic heterocycles. The number of aryl methyl sites for hydroxylation is 1. The van der Waals surface area contributed by atoms with Crippen LogP contribution in [0.2, 0.25) is 0 Å². The molecule has 0 spiro atoms. The molecule has 0 fully saturated rings. The van der Waals surface area contributed by atoms with Crippen LogP contribution < -0.4 is 0 Å². The second-order valence-electron chi connectivity index (χ2n) is 6.42. The summed E-state index contributed by atoms with van der Waals surface area (Å²) in [7, 11) is 1.97. The molecular formula is C21H21N5. The van der Waals surface area contributed by atoms with Gasteiger partial charge in [0, 0.05) is 19.4 Å². The molecule has 1 atom stereocenters. The lowest BCUT2D eigenvalue weighted by molar-refractivity contribution is 0.545. The SMILES string of the molecule is C[C@@H](c1nncn1C)n1ccnc1C(c1ccccc1)c1ccccc1. The van der Waals surface area contributed by atoms with Crippen LogP contribution in [0.1, 0.15) is 41.7 Å². The summed E-state index contributed by atoms with van der Waals surface area (Å²) in [6.07, 6.45) is 5.61. The molecule has 0 N–H and O–H groups in total. The number of imidazole rings is 1. The van der Waals surface area contributed by atoms with Crippen LogP contribution in [0.25, 0.3) is 0 Å². The first-order valence-electron chi connectivity index (χ1n) is 8.72. The maximum atomic E-state index is 4.74. The molecule has 4 aromatic rings. The highest BCUT2D eigenvalue weighted by Crippen LogP contribution is 2.32. The molecule has 0 aliphatic heterocycles. The highest BCUT2D eigenvalue weighted by atomic mass is 15.3. The van der Waals surface area contributed by atoms with Gasteiger partial charge in [-0.1, -0.05) is 60.7 Å². The van der Waals surface area contributed by atoms with Crippen molar-refractivity contribution in [2.24, 2.45) is 7.05 Å². The molecule has 5 heteroatoms. The second-order valence-corrected chi connectivity index (χ2v) is 6.42. The quantitative estimate of drug-likeness (QED) is 0.554. The Morgan fingerprint density at radius 2 is 1.46 bits per heavy atom. The third kappa shape index (κ3) is 2.92. The predicted molar refractivity (Wildman–Crippen MR) is 101 cm³/mol. The van der Waals surface area contributed by atoms with Gasteiger partial charge in [-0.2, -0.15) is 0 Å². The zero-order chi connectivity index (χ0) is 17.9. The fourth-order valence-corrected chi connectivity index (χ4v) is 3.45. The van der Waals surface area contributed by atoms with Crippen LogP contribution in [0.15, 0.2) is 79.4 Å². The summed E-state index contributed by atoms with van der Waals surface area (Å²) in [5.41, 5.74) is 2.44. The number of aromatic nitrogens is 5. The van der Waals surface area contributed by atoms with Gasteiger partial charge in [0.05, 0.1) is 12.0 Å². The van der Waals surface area contributed by atoms with Crippen LogP contribution in [-0.2, 0) is 7.05 Å². The molecule has 0 radical (unpaired) electrons. The number of benzene rings is 2. The number of nitrogens with zero attached hydrogens (tertiary/aromatic N) is 5. The van der Waals surface area contributed by atoms with Crippen molar-refractivity contribution in [3.8, 4) is 0 Å². The lowest BCUT2D eigenvalue weighted by Crippen LogP contribution is -2.17. The first-order valence-corrected chi connectivity index (χ1v) is 8.72. The molecule has 2 heterocycles. The van der Waals surface area contributed by atoms with Gasteiger partial charge in [0.25, 0.3) is 0 Å². The third-order valence-corrected chi connectivity index (χ3v) is 4.76. The van der Waals surface area contributed by atoms with E-state index in [9.17, 15) is 0 Å². The molecule has 0 aliphatic carbocycles. The van der Waals surface area contributed by atoms with Crippen molar-refractivity contribution < 1.29 is 0 Å². The minimum Gasteiger partial charge on any atom is -0.324 e. The molecule has 0 saturated carbocycles. The van der Waals surface area contributed by atoms with Crippen molar-refractivity contribution in [1.82, 2.24) is 24.3 Å². The van der Waals surface area contributed by atoms with Gasteiger partial charge in [0.2, 0.25) is 0 Å². The van der Waals surface area contributed by atoms with E-state index >= 15 is 0 Å². The van der Waals surface area contributed by atoms with Gasteiger partial charge in [0.1, 0.15) is 12.2 Å². The Balaban J connectivity index is 1.84. The Labute approximate surface area is 153 Å². The summed E-state index contributed by atoms with van der Waals surface area (Å²) < 4.78 is 4.14. The van der Waals surface area contributed by atoms with Gasteiger partial charge in [-0.25, -0.2) is 4.98 Å². The lowest BCUT2D eigenvalue weighted by Gasteiger charge is -2.22. The smallest absolute Gasteiger partial charge is 0.155 e. The van der Waals surface area contributed by atoms with Gasteiger partial charge >= 0.3 is 0 Å². The van der Waals surface area contributed by atoms with Gasteiger partial charge in [-0.05, 0) is 18.1 Å². The van der Waals surface area contributed by atoms with Crippen LogP contribution in [0, 0.1) is 0 Å². The summed E-state index contributed by atoms with van der Waals surface area (Å²) in [6, 6.07) is 21.0. The summed E-state index contributed by atoms with van der Waals surface area (Å²) in [5.74, 6) is 1.96. The Morgan fingerprint density at radius 1 is 0.846 bits per heavy atom.